The molecule has 9 nitrogen and oxygen atoms in total. The zero-order valence-electron chi connectivity index (χ0n) is 11.6. The van der Waals surface area contributed by atoms with Gasteiger partial charge in [0.05, 0.1) is 16.9 Å². The summed E-state index contributed by atoms with van der Waals surface area (Å²) in [5.41, 5.74) is 4.66. The van der Waals surface area contributed by atoms with Crippen molar-refractivity contribution in [3.8, 4) is 0 Å². The minimum atomic E-state index is -1.01. The van der Waals surface area contributed by atoms with Crippen molar-refractivity contribution < 1.29 is 19.6 Å². The van der Waals surface area contributed by atoms with Gasteiger partial charge in [-0.05, 0) is 5.92 Å². The van der Waals surface area contributed by atoms with Crippen LogP contribution in [0.3, 0.4) is 0 Å². The number of anilines is 1. The fourth-order valence-corrected chi connectivity index (χ4v) is 1.67. The molecule has 21 heavy (non-hydrogen) atoms. The number of nitrogens with one attached hydrogen (secondary N) is 1. The summed E-state index contributed by atoms with van der Waals surface area (Å²) in [6.07, 6.45) is 0.793. The number of primary amides is 1. The van der Waals surface area contributed by atoms with Gasteiger partial charge >= 0.3 is 5.97 Å². The van der Waals surface area contributed by atoms with Gasteiger partial charge in [0, 0.05) is 12.1 Å². The van der Waals surface area contributed by atoms with Gasteiger partial charge in [-0.2, -0.15) is 0 Å². The molecule has 0 aromatic carbocycles. The van der Waals surface area contributed by atoms with Gasteiger partial charge < -0.3 is 16.2 Å². The van der Waals surface area contributed by atoms with Crippen LogP contribution in [0.5, 0.6) is 0 Å². The first-order valence-corrected chi connectivity index (χ1v) is 6.15. The van der Waals surface area contributed by atoms with Crippen LogP contribution >= 0.6 is 0 Å². The van der Waals surface area contributed by atoms with E-state index in [1.165, 1.54) is 0 Å². The number of hydrogen-bond acceptors (Lipinski definition) is 6. The maximum absolute atomic E-state index is 11.4. The predicted octanol–water partition coefficient (Wildman–Crippen LogP) is 1.000. The van der Waals surface area contributed by atoms with Crippen LogP contribution in [0.25, 0.3) is 0 Å². The fraction of sp³-hybridized carbons (Fsp3) is 0.417. The van der Waals surface area contributed by atoms with Crippen molar-refractivity contribution in [3.63, 3.8) is 0 Å². The summed E-state index contributed by atoms with van der Waals surface area (Å²) in [6, 6.07) is 0.519. The molecule has 0 saturated carbocycles. The first-order chi connectivity index (χ1) is 9.72. The van der Waals surface area contributed by atoms with E-state index < -0.39 is 22.8 Å². The summed E-state index contributed by atoms with van der Waals surface area (Å²) >= 11 is 0. The van der Waals surface area contributed by atoms with E-state index in [1.54, 1.807) is 13.8 Å². The third-order valence-electron chi connectivity index (χ3n) is 2.87. The number of carbonyl (C=O) groups is 2. The number of carboxylic acids is 1. The number of rotatable bonds is 7. The molecule has 9 heteroatoms. The van der Waals surface area contributed by atoms with Crippen LogP contribution < -0.4 is 11.1 Å². The molecule has 0 radical (unpaired) electrons. The number of aliphatic carboxylic acids is 1. The van der Waals surface area contributed by atoms with Gasteiger partial charge in [-0.25, -0.2) is 4.98 Å². The summed E-state index contributed by atoms with van der Waals surface area (Å²) in [6.45, 7) is 3.60. The van der Waals surface area contributed by atoms with Crippen LogP contribution in [0.2, 0.25) is 0 Å². The van der Waals surface area contributed by atoms with Gasteiger partial charge in [-0.3, -0.25) is 19.7 Å². The van der Waals surface area contributed by atoms with E-state index in [1.807, 2.05) is 0 Å². The highest BCUT2D eigenvalue weighted by Crippen LogP contribution is 2.21. The van der Waals surface area contributed by atoms with Gasteiger partial charge in [0.1, 0.15) is 12.0 Å². The van der Waals surface area contributed by atoms with Gasteiger partial charge in [0.15, 0.2) is 0 Å². The highest BCUT2D eigenvalue weighted by atomic mass is 16.6. The minimum Gasteiger partial charge on any atom is -0.481 e. The average molecular weight is 296 g/mol. The molecule has 1 amide bonds. The van der Waals surface area contributed by atoms with Crippen molar-refractivity contribution in [2.45, 2.75) is 26.3 Å². The summed E-state index contributed by atoms with van der Waals surface area (Å²) in [5, 5.41) is 22.4. The summed E-state index contributed by atoms with van der Waals surface area (Å²) in [7, 11) is 0. The van der Waals surface area contributed by atoms with Crippen LogP contribution in [0.4, 0.5) is 11.5 Å². The third kappa shape index (κ3) is 4.41. The molecular weight excluding hydrogens is 280 g/mol. The van der Waals surface area contributed by atoms with E-state index >= 15 is 0 Å². The predicted molar refractivity (Wildman–Crippen MR) is 73.9 cm³/mol. The van der Waals surface area contributed by atoms with Crippen molar-refractivity contribution >= 4 is 23.4 Å². The second-order valence-electron chi connectivity index (χ2n) is 4.80. The average Bonchev–Trinajstić information content (AvgIpc) is 2.37. The molecule has 1 heterocycles. The van der Waals surface area contributed by atoms with Crippen LogP contribution in [0, 0.1) is 16.0 Å². The Morgan fingerprint density at radius 2 is 2.14 bits per heavy atom. The van der Waals surface area contributed by atoms with Crippen molar-refractivity contribution in [1.29, 1.82) is 0 Å². The van der Waals surface area contributed by atoms with Gasteiger partial charge in [-0.1, -0.05) is 13.8 Å². The highest BCUT2D eigenvalue weighted by molar-refractivity contribution is 5.98. The van der Waals surface area contributed by atoms with Gasteiger partial charge in [-0.15, -0.1) is 0 Å². The molecular formula is C12H16N4O5. The summed E-state index contributed by atoms with van der Waals surface area (Å²) < 4.78 is 0. The molecule has 4 N–H and O–H groups in total. The number of nitro groups is 1. The van der Waals surface area contributed by atoms with E-state index in [-0.39, 0.29) is 29.4 Å². The van der Waals surface area contributed by atoms with E-state index in [9.17, 15) is 19.7 Å². The van der Waals surface area contributed by atoms with Crippen molar-refractivity contribution in [2.24, 2.45) is 11.7 Å². The zero-order valence-corrected chi connectivity index (χ0v) is 11.6. The lowest BCUT2D eigenvalue weighted by Gasteiger charge is -2.22. The Morgan fingerprint density at radius 3 is 2.57 bits per heavy atom. The van der Waals surface area contributed by atoms with Crippen molar-refractivity contribution in [3.05, 3.63) is 27.9 Å². The number of aromatic nitrogens is 1. The first kappa shape index (κ1) is 16.3. The van der Waals surface area contributed by atoms with Gasteiger partial charge in [0.25, 0.3) is 11.6 Å². The molecule has 0 aliphatic heterocycles. The summed E-state index contributed by atoms with van der Waals surface area (Å²) in [5.74, 6) is -1.91. The normalized spacial score (nSPS) is 12.0. The lowest BCUT2D eigenvalue weighted by Crippen LogP contribution is -2.30. The SMILES string of the molecule is CC(C)C(CC(=O)O)Nc1ncc([N+](=O)[O-])cc1C(N)=O. The Labute approximate surface area is 120 Å². The maximum Gasteiger partial charge on any atom is 0.305 e. The van der Waals surface area contributed by atoms with Crippen molar-refractivity contribution in [1.82, 2.24) is 4.98 Å². The van der Waals surface area contributed by atoms with Crippen LogP contribution in [0.15, 0.2) is 12.3 Å². The fourth-order valence-electron chi connectivity index (χ4n) is 1.67. The third-order valence-corrected chi connectivity index (χ3v) is 2.87. The molecule has 1 aromatic rings. The Hall–Kier alpha value is -2.71. The zero-order chi connectivity index (χ0) is 16.2. The second kappa shape index (κ2) is 6.64. The molecule has 0 bridgehead atoms. The van der Waals surface area contributed by atoms with E-state index in [0.717, 1.165) is 12.3 Å². The van der Waals surface area contributed by atoms with Crippen molar-refractivity contribution in [2.75, 3.05) is 5.32 Å². The molecule has 1 atom stereocenters. The number of carbonyl (C=O) groups excluding carboxylic acids is 1. The molecule has 1 unspecified atom stereocenters. The smallest absolute Gasteiger partial charge is 0.305 e. The topological polar surface area (TPSA) is 148 Å². The molecule has 0 aliphatic carbocycles. The minimum absolute atomic E-state index is 0.0352. The van der Waals surface area contributed by atoms with E-state index in [0.29, 0.717) is 0 Å². The number of amides is 1. The Kier molecular flexibility index (Phi) is 5.17. The largest absolute Gasteiger partial charge is 0.481 e. The summed E-state index contributed by atoms with van der Waals surface area (Å²) in [4.78, 5) is 36.0. The van der Waals surface area contributed by atoms with Gasteiger partial charge in [0.2, 0.25) is 0 Å². The molecule has 1 rings (SSSR count). The molecule has 0 fully saturated rings. The van der Waals surface area contributed by atoms with Crippen LogP contribution in [-0.4, -0.2) is 32.9 Å². The molecule has 1 aromatic heterocycles. The number of pyridine rings is 1. The molecule has 114 valence electrons. The Bertz CT molecular complexity index is 573. The quantitative estimate of drug-likeness (QED) is 0.502. The number of nitrogens with two attached hydrogens (primary N) is 1. The lowest BCUT2D eigenvalue weighted by atomic mass is 10.0. The van der Waals surface area contributed by atoms with Crippen LogP contribution in [-0.2, 0) is 4.79 Å². The lowest BCUT2D eigenvalue weighted by molar-refractivity contribution is -0.385. The highest BCUT2D eigenvalue weighted by Gasteiger charge is 2.22. The monoisotopic (exact) mass is 296 g/mol. The van der Waals surface area contributed by atoms with E-state index in [4.69, 9.17) is 10.8 Å². The number of hydrogen-bond donors (Lipinski definition) is 3. The Morgan fingerprint density at radius 1 is 1.52 bits per heavy atom. The Balaban J connectivity index is 3.13. The molecule has 0 spiro atoms. The number of carboxylic acid groups (broad SMARTS) is 1. The van der Waals surface area contributed by atoms with Crippen LogP contribution in [0.1, 0.15) is 30.6 Å². The maximum atomic E-state index is 11.4. The first-order valence-electron chi connectivity index (χ1n) is 6.15. The standard InChI is InChI=1S/C12H16N4O5/c1-6(2)9(4-10(17)18)15-12-8(11(13)19)3-7(5-14-12)16(20)21/h3,5-6,9H,4H2,1-2H3,(H2,13,19)(H,14,15)(H,17,18). The second-order valence-corrected chi connectivity index (χ2v) is 4.80. The molecule has 0 aliphatic rings. The molecule has 0 saturated heterocycles. The number of nitrogens with zero attached hydrogens (tertiary/aromatic N) is 2. The van der Waals surface area contributed by atoms with E-state index in [2.05, 4.69) is 10.3 Å².